The Hall–Kier alpha value is -3.44. The predicted octanol–water partition coefficient (Wildman–Crippen LogP) is 6.08. The predicted molar refractivity (Wildman–Crippen MR) is 129 cm³/mol. The molecular weight excluding hydrogens is 408 g/mol. The van der Waals surface area contributed by atoms with Gasteiger partial charge < -0.3 is 10.6 Å². The van der Waals surface area contributed by atoms with E-state index in [0.29, 0.717) is 35.1 Å². The lowest BCUT2D eigenvalue weighted by Gasteiger charge is -2.21. The Balaban J connectivity index is 0.00000272. The van der Waals surface area contributed by atoms with Crippen molar-refractivity contribution in [3.05, 3.63) is 89.2 Å². The zero-order valence-corrected chi connectivity index (χ0v) is 17.3. The highest BCUT2D eigenvalue weighted by Crippen LogP contribution is 2.28. The van der Waals surface area contributed by atoms with E-state index in [4.69, 9.17) is 17.3 Å². The van der Waals surface area contributed by atoms with Gasteiger partial charge in [-0.2, -0.15) is 0 Å². The Kier molecular flexibility index (Phi) is 6.88. The summed E-state index contributed by atoms with van der Waals surface area (Å²) in [4.78, 5) is 23.5. The number of para-hydroxylation sites is 1. The van der Waals surface area contributed by atoms with E-state index < -0.39 is 0 Å². The molecule has 0 saturated heterocycles. The maximum absolute atomic E-state index is 13.1. The molecular formula is C25H25ClN4O. The third-order valence-electron chi connectivity index (χ3n) is 5.10. The number of carbonyl (C=O) groups is 1. The zero-order chi connectivity index (χ0) is 21.1. The first-order chi connectivity index (χ1) is 14.5. The molecule has 2 aromatic carbocycles. The zero-order valence-electron chi connectivity index (χ0n) is 16.5. The fourth-order valence-corrected chi connectivity index (χ4v) is 3.64. The van der Waals surface area contributed by atoms with Crippen molar-refractivity contribution in [2.24, 2.45) is 0 Å². The molecule has 0 aliphatic rings. The molecule has 5 nitrogen and oxygen atoms in total. The highest BCUT2D eigenvalue weighted by atomic mass is 35.5. The Morgan fingerprint density at radius 2 is 1.84 bits per heavy atom. The van der Waals surface area contributed by atoms with Crippen LogP contribution in [0.25, 0.3) is 10.8 Å². The van der Waals surface area contributed by atoms with Gasteiger partial charge in [0.05, 0.1) is 10.6 Å². The minimum absolute atomic E-state index is 0. The van der Waals surface area contributed by atoms with Gasteiger partial charge in [0.25, 0.3) is 0 Å². The van der Waals surface area contributed by atoms with Gasteiger partial charge in [0.1, 0.15) is 11.6 Å². The van der Waals surface area contributed by atoms with Crippen LogP contribution < -0.4 is 10.6 Å². The lowest BCUT2D eigenvalue weighted by molar-refractivity contribution is 0.0983. The van der Waals surface area contributed by atoms with E-state index in [1.54, 1.807) is 18.5 Å². The number of hydrogen-bond acceptors (Lipinski definition) is 5. The van der Waals surface area contributed by atoms with E-state index in [1.807, 2.05) is 66.5 Å². The molecule has 158 valence electrons. The van der Waals surface area contributed by atoms with E-state index in [9.17, 15) is 4.79 Å². The van der Waals surface area contributed by atoms with Crippen LogP contribution in [0, 0.1) is 0 Å². The molecule has 0 aliphatic heterocycles. The van der Waals surface area contributed by atoms with Crippen molar-refractivity contribution in [2.75, 3.05) is 17.7 Å². The summed E-state index contributed by atoms with van der Waals surface area (Å²) in [5, 5.41) is 2.37. The summed E-state index contributed by atoms with van der Waals surface area (Å²) in [6.07, 6.45) is 4.21. The maximum Gasteiger partial charge on any atom is 0.166 e. The number of nitrogens with zero attached hydrogens (tertiary/aromatic N) is 3. The summed E-state index contributed by atoms with van der Waals surface area (Å²) in [6.45, 7) is 0. The van der Waals surface area contributed by atoms with Gasteiger partial charge in [-0.3, -0.25) is 4.79 Å². The molecule has 31 heavy (non-hydrogen) atoms. The van der Waals surface area contributed by atoms with E-state index in [2.05, 4.69) is 9.97 Å². The number of nitrogens with two attached hydrogens (primary N) is 1. The number of carbonyl (C=O) groups excluding carboxylic acids is 1. The van der Waals surface area contributed by atoms with Crippen molar-refractivity contribution in [1.82, 2.24) is 9.97 Å². The van der Waals surface area contributed by atoms with Crippen molar-refractivity contribution in [1.29, 1.82) is 0 Å². The number of hydrogen-bond donors (Lipinski definition) is 1. The molecule has 4 rings (SSSR count). The fraction of sp³-hybridized carbons (Fsp3) is 0.160. The standard InChI is InChI=1S/C24H21ClN4O.CH4/c1-29(19-5-3-2-4-6-19)24-21(14-18(25)15-28-24)22(30)10-8-16-7-9-20-17(13-16)11-12-27-23(20)26;/h2-7,9,11-15H,8,10H2,1H3,(H2,26,27);1H4. The number of aryl methyl sites for hydroxylation is 1. The maximum atomic E-state index is 13.1. The Morgan fingerprint density at radius 3 is 2.61 bits per heavy atom. The van der Waals surface area contributed by atoms with Gasteiger partial charge >= 0.3 is 0 Å². The smallest absolute Gasteiger partial charge is 0.166 e. The molecule has 0 saturated carbocycles. The van der Waals surface area contributed by atoms with E-state index in [-0.39, 0.29) is 13.2 Å². The topological polar surface area (TPSA) is 72.1 Å². The number of nitrogen functional groups attached to an aromatic ring is 1. The summed E-state index contributed by atoms with van der Waals surface area (Å²) >= 11 is 6.16. The second-order valence-corrected chi connectivity index (χ2v) is 7.53. The number of aromatic nitrogens is 2. The largest absolute Gasteiger partial charge is 0.383 e. The van der Waals surface area contributed by atoms with Crippen LogP contribution in [0.1, 0.15) is 29.8 Å². The van der Waals surface area contributed by atoms with Crippen LogP contribution in [0.5, 0.6) is 0 Å². The first-order valence-electron chi connectivity index (χ1n) is 9.63. The average molecular weight is 433 g/mol. The van der Waals surface area contributed by atoms with Crippen LogP contribution in [0.2, 0.25) is 5.02 Å². The first kappa shape index (κ1) is 22.2. The number of anilines is 3. The number of rotatable bonds is 6. The molecule has 4 aromatic rings. The van der Waals surface area contributed by atoms with Gasteiger partial charge in [0.15, 0.2) is 5.78 Å². The van der Waals surface area contributed by atoms with Crippen LogP contribution in [0.3, 0.4) is 0 Å². The number of fused-ring (bicyclic) bond motifs is 1. The molecule has 0 bridgehead atoms. The first-order valence-corrected chi connectivity index (χ1v) is 10.0. The molecule has 0 atom stereocenters. The third kappa shape index (κ3) is 4.84. The minimum Gasteiger partial charge on any atom is -0.383 e. The van der Waals surface area contributed by atoms with Gasteiger partial charge in [-0.1, -0.05) is 55.4 Å². The number of pyridine rings is 2. The summed E-state index contributed by atoms with van der Waals surface area (Å²) in [5.74, 6) is 1.10. The highest BCUT2D eigenvalue weighted by molar-refractivity contribution is 6.31. The average Bonchev–Trinajstić information content (AvgIpc) is 2.77. The molecule has 2 N–H and O–H groups in total. The van der Waals surface area contributed by atoms with Crippen LogP contribution in [-0.2, 0) is 6.42 Å². The van der Waals surface area contributed by atoms with Crippen molar-refractivity contribution in [3.8, 4) is 0 Å². The summed E-state index contributed by atoms with van der Waals surface area (Å²) in [6, 6.07) is 19.4. The van der Waals surface area contributed by atoms with Crippen LogP contribution in [0.4, 0.5) is 17.3 Å². The molecule has 6 heteroatoms. The Morgan fingerprint density at radius 1 is 1.06 bits per heavy atom. The molecule has 0 aliphatic carbocycles. The Labute approximate surface area is 187 Å². The minimum atomic E-state index is -0.00267. The normalized spacial score (nSPS) is 10.5. The fourth-order valence-electron chi connectivity index (χ4n) is 3.48. The quantitative estimate of drug-likeness (QED) is 0.373. The van der Waals surface area contributed by atoms with Gasteiger partial charge in [0.2, 0.25) is 0 Å². The van der Waals surface area contributed by atoms with Crippen molar-refractivity contribution < 1.29 is 4.79 Å². The van der Waals surface area contributed by atoms with Crippen LogP contribution in [0.15, 0.2) is 73.1 Å². The van der Waals surface area contributed by atoms with Crippen LogP contribution in [-0.4, -0.2) is 22.8 Å². The summed E-state index contributed by atoms with van der Waals surface area (Å²) in [5.41, 5.74) is 8.45. The molecule has 0 spiro atoms. The van der Waals surface area contributed by atoms with Gasteiger partial charge in [-0.15, -0.1) is 0 Å². The second kappa shape index (κ2) is 9.58. The van der Waals surface area contributed by atoms with Crippen molar-refractivity contribution in [3.63, 3.8) is 0 Å². The number of halogens is 1. The van der Waals surface area contributed by atoms with E-state index >= 15 is 0 Å². The van der Waals surface area contributed by atoms with Crippen LogP contribution >= 0.6 is 11.6 Å². The van der Waals surface area contributed by atoms with Crippen molar-refractivity contribution in [2.45, 2.75) is 20.3 Å². The molecule has 2 heterocycles. The highest BCUT2D eigenvalue weighted by Gasteiger charge is 2.18. The molecule has 2 aromatic heterocycles. The van der Waals surface area contributed by atoms with Gasteiger partial charge in [-0.05, 0) is 41.6 Å². The van der Waals surface area contributed by atoms with Crippen molar-refractivity contribution >= 4 is 45.5 Å². The summed E-state index contributed by atoms with van der Waals surface area (Å²) in [7, 11) is 1.89. The number of Topliss-reactive ketones (excluding diaryl/α,β-unsaturated/α-hetero) is 1. The van der Waals surface area contributed by atoms with Gasteiger partial charge in [-0.25, -0.2) is 9.97 Å². The van der Waals surface area contributed by atoms with Gasteiger partial charge in [0, 0.05) is 36.9 Å². The number of benzene rings is 2. The lowest BCUT2D eigenvalue weighted by Crippen LogP contribution is -2.16. The SMILES string of the molecule is C.CN(c1ccccc1)c1ncc(Cl)cc1C(=O)CCc1ccc2c(N)nccc2c1. The third-order valence-corrected chi connectivity index (χ3v) is 5.30. The molecule has 0 unspecified atom stereocenters. The number of ketones is 1. The molecule has 0 amide bonds. The summed E-state index contributed by atoms with van der Waals surface area (Å²) < 4.78 is 0. The molecule has 0 fully saturated rings. The molecule has 0 radical (unpaired) electrons. The van der Waals surface area contributed by atoms with E-state index in [0.717, 1.165) is 22.0 Å². The van der Waals surface area contributed by atoms with E-state index in [1.165, 1.54) is 0 Å². The lowest BCUT2D eigenvalue weighted by atomic mass is 10.0. The Bertz CT molecular complexity index is 1210. The monoisotopic (exact) mass is 432 g/mol. The second-order valence-electron chi connectivity index (χ2n) is 7.09.